The number of nitrogens with one attached hydrogen (secondary N) is 1. The van der Waals surface area contributed by atoms with Crippen molar-refractivity contribution in [2.75, 3.05) is 0 Å². The molecule has 1 aliphatic carbocycles. The Bertz CT molecular complexity index is 582. The predicted molar refractivity (Wildman–Crippen MR) is 72.8 cm³/mol. The smallest absolute Gasteiger partial charge is 0.127 e. The number of hydrogen-bond acceptors (Lipinski definition) is 2. The van der Waals surface area contributed by atoms with Gasteiger partial charge >= 0.3 is 0 Å². The number of nitrogens with two attached hydrogens (primary N) is 1. The lowest BCUT2D eigenvalue weighted by Gasteiger charge is -2.21. The van der Waals surface area contributed by atoms with E-state index in [1.165, 1.54) is 18.4 Å². The molecule has 2 aromatic rings. The van der Waals surface area contributed by atoms with Crippen molar-refractivity contribution >= 4 is 27.0 Å². The number of H-pyrrole nitrogens is 1. The summed E-state index contributed by atoms with van der Waals surface area (Å²) in [6.45, 7) is 4.15. The highest BCUT2D eigenvalue weighted by Gasteiger charge is 2.41. The fourth-order valence-electron chi connectivity index (χ4n) is 2.38. The van der Waals surface area contributed by atoms with Gasteiger partial charge in [-0.3, -0.25) is 0 Å². The first-order chi connectivity index (χ1) is 7.98. The van der Waals surface area contributed by atoms with Gasteiger partial charge in [0.15, 0.2) is 0 Å². The Morgan fingerprint density at radius 1 is 1.47 bits per heavy atom. The number of imidazole rings is 1. The summed E-state index contributed by atoms with van der Waals surface area (Å²) in [6.07, 6.45) is 2.43. The van der Waals surface area contributed by atoms with Crippen LogP contribution < -0.4 is 5.73 Å². The van der Waals surface area contributed by atoms with E-state index < -0.39 is 0 Å². The van der Waals surface area contributed by atoms with E-state index in [1.807, 2.05) is 0 Å². The van der Waals surface area contributed by atoms with Crippen molar-refractivity contribution in [1.29, 1.82) is 0 Å². The Morgan fingerprint density at radius 2 is 2.18 bits per heavy atom. The quantitative estimate of drug-likeness (QED) is 0.893. The van der Waals surface area contributed by atoms with Crippen LogP contribution in [0.5, 0.6) is 0 Å². The Balaban J connectivity index is 2.16. The molecule has 1 unspecified atom stereocenters. The second-order valence-corrected chi connectivity index (χ2v) is 6.18. The maximum Gasteiger partial charge on any atom is 0.127 e. The monoisotopic (exact) mass is 293 g/mol. The summed E-state index contributed by atoms with van der Waals surface area (Å²) >= 11 is 3.51. The molecule has 3 rings (SSSR count). The van der Waals surface area contributed by atoms with Crippen LogP contribution in [0.25, 0.3) is 11.0 Å². The summed E-state index contributed by atoms with van der Waals surface area (Å²) in [4.78, 5) is 8.06. The predicted octanol–water partition coefficient (Wildman–Crippen LogP) is 3.22. The van der Waals surface area contributed by atoms with Crippen molar-refractivity contribution in [2.24, 2.45) is 11.7 Å². The minimum atomic E-state index is -0.321. The molecule has 1 saturated carbocycles. The zero-order chi connectivity index (χ0) is 12.2. The molecule has 1 atom stereocenters. The number of rotatable bonds is 2. The van der Waals surface area contributed by atoms with Crippen molar-refractivity contribution in [3.8, 4) is 0 Å². The Labute approximate surface area is 109 Å². The third-order valence-electron chi connectivity index (χ3n) is 3.68. The molecule has 4 heteroatoms. The average molecular weight is 294 g/mol. The normalized spacial score (nSPS) is 19.5. The summed E-state index contributed by atoms with van der Waals surface area (Å²) in [5.74, 6) is 1.49. The first kappa shape index (κ1) is 11.2. The van der Waals surface area contributed by atoms with Crippen LogP contribution in [0.1, 0.15) is 31.2 Å². The zero-order valence-corrected chi connectivity index (χ0v) is 11.6. The molecular weight excluding hydrogens is 278 g/mol. The standard InChI is InChI=1S/C13H16BrN3/c1-7-5-9(14)6-10-11(7)17-12(16-10)13(2,15)8-3-4-8/h5-6,8H,3-4,15H2,1-2H3,(H,16,17). The molecule has 3 nitrogen and oxygen atoms in total. The first-order valence-corrected chi connectivity index (χ1v) is 6.73. The topological polar surface area (TPSA) is 54.7 Å². The third-order valence-corrected chi connectivity index (χ3v) is 4.14. The van der Waals surface area contributed by atoms with Gasteiger partial charge in [0.2, 0.25) is 0 Å². The van der Waals surface area contributed by atoms with Gasteiger partial charge in [0.25, 0.3) is 0 Å². The molecule has 1 heterocycles. The summed E-state index contributed by atoms with van der Waals surface area (Å²) in [7, 11) is 0. The highest BCUT2D eigenvalue weighted by atomic mass is 79.9. The fourth-order valence-corrected chi connectivity index (χ4v) is 2.95. The number of aryl methyl sites for hydroxylation is 1. The van der Waals surface area contributed by atoms with Crippen molar-refractivity contribution < 1.29 is 0 Å². The number of nitrogens with zero attached hydrogens (tertiary/aromatic N) is 1. The molecule has 0 aliphatic heterocycles. The minimum Gasteiger partial charge on any atom is -0.340 e. The van der Waals surface area contributed by atoms with E-state index in [4.69, 9.17) is 5.73 Å². The van der Waals surface area contributed by atoms with Gasteiger partial charge in [-0.1, -0.05) is 15.9 Å². The lowest BCUT2D eigenvalue weighted by molar-refractivity contribution is 0.405. The van der Waals surface area contributed by atoms with E-state index in [0.717, 1.165) is 21.3 Å². The molecule has 17 heavy (non-hydrogen) atoms. The summed E-state index contributed by atoms with van der Waals surface area (Å²) < 4.78 is 1.07. The number of aromatic amines is 1. The molecule has 0 amide bonds. The highest BCUT2D eigenvalue weighted by molar-refractivity contribution is 9.10. The van der Waals surface area contributed by atoms with Crippen molar-refractivity contribution in [3.63, 3.8) is 0 Å². The van der Waals surface area contributed by atoms with Gasteiger partial charge in [0.05, 0.1) is 16.6 Å². The molecule has 0 saturated heterocycles. The lowest BCUT2D eigenvalue weighted by atomic mass is 9.97. The number of halogens is 1. The first-order valence-electron chi connectivity index (χ1n) is 5.93. The van der Waals surface area contributed by atoms with Crippen LogP contribution in [0.15, 0.2) is 16.6 Å². The third kappa shape index (κ3) is 1.79. The fraction of sp³-hybridized carbons (Fsp3) is 0.462. The Morgan fingerprint density at radius 3 is 2.82 bits per heavy atom. The second-order valence-electron chi connectivity index (χ2n) is 5.26. The molecule has 1 aliphatic rings. The molecule has 1 fully saturated rings. The number of benzene rings is 1. The molecule has 0 bridgehead atoms. The second kappa shape index (κ2) is 3.56. The minimum absolute atomic E-state index is 0.321. The van der Waals surface area contributed by atoms with Crippen LogP contribution in [0, 0.1) is 12.8 Å². The van der Waals surface area contributed by atoms with Crippen molar-refractivity contribution in [3.05, 3.63) is 28.0 Å². The maximum absolute atomic E-state index is 6.39. The lowest BCUT2D eigenvalue weighted by Crippen LogP contribution is -2.36. The van der Waals surface area contributed by atoms with Crippen LogP contribution in [0.3, 0.4) is 0 Å². The molecule has 3 N–H and O–H groups in total. The number of fused-ring (bicyclic) bond motifs is 1. The Kier molecular flexibility index (Phi) is 2.35. The molecule has 0 radical (unpaired) electrons. The number of hydrogen-bond donors (Lipinski definition) is 2. The van der Waals surface area contributed by atoms with Gasteiger partial charge in [-0.2, -0.15) is 0 Å². The van der Waals surface area contributed by atoms with E-state index in [-0.39, 0.29) is 5.54 Å². The summed E-state index contributed by atoms with van der Waals surface area (Å²) in [6, 6.07) is 4.14. The van der Waals surface area contributed by atoms with E-state index in [2.05, 4.69) is 51.9 Å². The molecule has 1 aromatic heterocycles. The summed E-state index contributed by atoms with van der Waals surface area (Å²) in [5.41, 5.74) is 9.33. The molecule has 0 spiro atoms. The Hall–Kier alpha value is -0.870. The van der Waals surface area contributed by atoms with E-state index in [1.54, 1.807) is 0 Å². The van der Waals surface area contributed by atoms with Crippen LogP contribution in [-0.4, -0.2) is 9.97 Å². The molecular formula is C13H16BrN3. The van der Waals surface area contributed by atoms with E-state index >= 15 is 0 Å². The average Bonchev–Trinajstić information content (AvgIpc) is 2.99. The zero-order valence-electron chi connectivity index (χ0n) is 10.0. The van der Waals surface area contributed by atoms with Gasteiger partial charge in [0, 0.05) is 4.47 Å². The summed E-state index contributed by atoms with van der Waals surface area (Å²) in [5, 5.41) is 0. The van der Waals surface area contributed by atoms with Gasteiger partial charge < -0.3 is 10.7 Å². The highest BCUT2D eigenvalue weighted by Crippen LogP contribution is 2.43. The van der Waals surface area contributed by atoms with Crippen LogP contribution in [0.4, 0.5) is 0 Å². The van der Waals surface area contributed by atoms with Crippen molar-refractivity contribution in [1.82, 2.24) is 9.97 Å². The van der Waals surface area contributed by atoms with Crippen LogP contribution >= 0.6 is 15.9 Å². The van der Waals surface area contributed by atoms with Gasteiger partial charge in [0.1, 0.15) is 5.82 Å². The van der Waals surface area contributed by atoms with Gasteiger partial charge in [-0.15, -0.1) is 0 Å². The SMILES string of the molecule is Cc1cc(Br)cc2[nH]c(C(C)(N)C3CC3)nc12. The maximum atomic E-state index is 6.39. The molecule has 1 aromatic carbocycles. The molecule has 90 valence electrons. The van der Waals surface area contributed by atoms with Crippen molar-refractivity contribution in [2.45, 2.75) is 32.2 Å². The largest absolute Gasteiger partial charge is 0.340 e. The van der Waals surface area contributed by atoms with E-state index in [9.17, 15) is 0 Å². The van der Waals surface area contributed by atoms with E-state index in [0.29, 0.717) is 5.92 Å². The van der Waals surface area contributed by atoms with Gasteiger partial charge in [-0.25, -0.2) is 4.98 Å². The van der Waals surface area contributed by atoms with Crippen LogP contribution in [0.2, 0.25) is 0 Å². The number of aromatic nitrogens is 2. The van der Waals surface area contributed by atoms with Crippen LogP contribution in [-0.2, 0) is 5.54 Å². The van der Waals surface area contributed by atoms with Gasteiger partial charge in [-0.05, 0) is 50.3 Å².